The lowest BCUT2D eigenvalue weighted by molar-refractivity contribution is -0.141. The maximum Gasteiger partial charge on any atom is 0.258 e. The molecular weight excluding hydrogens is 406 g/mol. The van der Waals surface area contributed by atoms with Gasteiger partial charge in [0.15, 0.2) is 0 Å². The van der Waals surface area contributed by atoms with E-state index < -0.39 is 0 Å². The number of carbonyl (C=O) groups excluding carboxylic acids is 1. The molecule has 0 aliphatic carbocycles. The smallest absolute Gasteiger partial charge is 0.258 e. The molecule has 4 atom stereocenters. The number of benzene rings is 1. The number of amides is 1. The molecule has 0 radical (unpaired) electrons. The second-order valence-corrected chi connectivity index (χ2v) is 8.88. The number of hydrogen-bond donors (Lipinski definition) is 1. The van der Waals surface area contributed by atoms with Crippen molar-refractivity contribution in [2.45, 2.75) is 18.6 Å². The monoisotopic (exact) mass is 435 g/mol. The number of aromatic nitrogens is 1. The Kier molecular flexibility index (Phi) is 5.71. The van der Waals surface area contributed by atoms with Gasteiger partial charge in [0.25, 0.3) is 5.56 Å². The number of fused-ring (bicyclic) bond motifs is 3. The highest BCUT2D eigenvalue weighted by molar-refractivity contribution is 5.83. The number of nitrogens with zero attached hydrogens (tertiary/aromatic N) is 3. The van der Waals surface area contributed by atoms with E-state index in [1.165, 1.54) is 0 Å². The molecule has 3 aliphatic heterocycles. The van der Waals surface area contributed by atoms with Gasteiger partial charge in [-0.2, -0.15) is 0 Å². The molecule has 2 saturated heterocycles. The zero-order chi connectivity index (χ0) is 22.2. The van der Waals surface area contributed by atoms with Gasteiger partial charge in [-0.3, -0.25) is 14.5 Å². The fourth-order valence-electron chi connectivity index (χ4n) is 5.62. The van der Waals surface area contributed by atoms with Gasteiger partial charge in [-0.05, 0) is 30.8 Å². The normalized spacial score (nSPS) is 27.6. The summed E-state index contributed by atoms with van der Waals surface area (Å²) in [4.78, 5) is 30.4. The third-order valence-corrected chi connectivity index (χ3v) is 7.21. The van der Waals surface area contributed by atoms with Crippen LogP contribution in [0.15, 0.2) is 47.3 Å². The maximum atomic E-state index is 13.3. The highest BCUT2D eigenvalue weighted by Crippen LogP contribution is 2.48. The van der Waals surface area contributed by atoms with E-state index in [4.69, 9.17) is 4.74 Å². The molecule has 3 aliphatic rings. The molecule has 7 heteroatoms. The van der Waals surface area contributed by atoms with Crippen LogP contribution in [0.1, 0.15) is 22.9 Å². The van der Waals surface area contributed by atoms with Crippen LogP contribution in [0.3, 0.4) is 0 Å². The van der Waals surface area contributed by atoms with Crippen molar-refractivity contribution in [2.75, 3.05) is 40.0 Å². The van der Waals surface area contributed by atoms with Gasteiger partial charge in [-0.15, -0.1) is 0 Å². The Hall–Kier alpha value is -2.74. The average molecular weight is 436 g/mol. The summed E-state index contributed by atoms with van der Waals surface area (Å²) in [5, 5.41) is 10.2. The first-order valence-electron chi connectivity index (χ1n) is 11.3. The number of aliphatic hydroxyl groups excluding tert-OH is 1. The molecule has 0 saturated carbocycles. The lowest BCUT2D eigenvalue weighted by Gasteiger charge is -2.34. The molecule has 2 fully saturated rings. The molecule has 168 valence electrons. The van der Waals surface area contributed by atoms with Crippen LogP contribution >= 0.6 is 0 Å². The van der Waals surface area contributed by atoms with Crippen molar-refractivity contribution < 1.29 is 14.6 Å². The molecule has 1 amide bonds. The number of pyridine rings is 1. The minimum atomic E-state index is -0.380. The molecule has 0 unspecified atom stereocenters. The molecule has 1 aromatic carbocycles. The van der Waals surface area contributed by atoms with E-state index >= 15 is 0 Å². The summed E-state index contributed by atoms with van der Waals surface area (Å²) < 4.78 is 7.21. The fourth-order valence-corrected chi connectivity index (χ4v) is 5.62. The van der Waals surface area contributed by atoms with E-state index in [9.17, 15) is 14.7 Å². The van der Waals surface area contributed by atoms with Crippen molar-refractivity contribution >= 4 is 18.1 Å². The SMILES string of the molecule is CN1[C@@H]2c3ccc(/C=C/c4ccccc4)c(=O)n3C[C@@H]2[C@@H](CO)[C@@H]1C(=O)N1CCOCC1. The summed E-state index contributed by atoms with van der Waals surface area (Å²) in [5.74, 6) is -0.121. The molecule has 1 aromatic heterocycles. The van der Waals surface area contributed by atoms with Crippen LogP contribution in [0.4, 0.5) is 0 Å². The van der Waals surface area contributed by atoms with Crippen molar-refractivity contribution in [3.63, 3.8) is 0 Å². The molecule has 32 heavy (non-hydrogen) atoms. The molecular formula is C25H29N3O4. The largest absolute Gasteiger partial charge is 0.396 e. The number of hydrogen-bond acceptors (Lipinski definition) is 5. The maximum absolute atomic E-state index is 13.3. The van der Waals surface area contributed by atoms with Crippen LogP contribution in [0, 0.1) is 11.8 Å². The van der Waals surface area contributed by atoms with Crippen molar-refractivity contribution in [3.05, 3.63) is 69.6 Å². The molecule has 0 bridgehead atoms. The van der Waals surface area contributed by atoms with Crippen molar-refractivity contribution in [1.29, 1.82) is 0 Å². The first-order valence-corrected chi connectivity index (χ1v) is 11.3. The zero-order valence-electron chi connectivity index (χ0n) is 18.3. The quantitative estimate of drug-likeness (QED) is 0.787. The van der Waals surface area contributed by atoms with Crippen LogP contribution < -0.4 is 5.56 Å². The molecule has 1 N–H and O–H groups in total. The van der Waals surface area contributed by atoms with Crippen LogP contribution in [-0.2, 0) is 16.1 Å². The highest BCUT2D eigenvalue weighted by Gasteiger charge is 2.54. The van der Waals surface area contributed by atoms with Gasteiger partial charge in [0, 0.05) is 49.3 Å². The summed E-state index contributed by atoms with van der Waals surface area (Å²) in [7, 11) is 1.94. The first kappa shape index (κ1) is 21.1. The Bertz CT molecular complexity index is 1070. The standard InChI is InChI=1S/C25H29N3O4/c1-26-22-19(20(16-29)23(26)25(31)27-11-13-32-14-12-27)15-28-21(22)10-9-18(24(28)30)8-7-17-5-3-2-4-6-17/h2-10,19-20,22-23,29H,11-16H2,1H3/b8-7+/t19-,20-,22+,23-/m1/s1. The van der Waals surface area contributed by atoms with Crippen LogP contribution in [0.5, 0.6) is 0 Å². The predicted molar refractivity (Wildman–Crippen MR) is 122 cm³/mol. The van der Waals surface area contributed by atoms with Gasteiger partial charge in [0.2, 0.25) is 5.91 Å². The number of likely N-dealkylation sites (tertiary alicyclic amines) is 1. The number of carbonyl (C=O) groups is 1. The highest BCUT2D eigenvalue weighted by atomic mass is 16.5. The molecule has 5 rings (SSSR count). The number of likely N-dealkylation sites (N-methyl/N-ethyl adjacent to an activating group) is 1. The predicted octanol–water partition coefficient (Wildman–Crippen LogP) is 1.47. The second-order valence-electron chi connectivity index (χ2n) is 8.88. The Morgan fingerprint density at radius 1 is 1.12 bits per heavy atom. The Morgan fingerprint density at radius 3 is 2.59 bits per heavy atom. The van der Waals surface area contributed by atoms with E-state index in [-0.39, 0.29) is 42.0 Å². The summed E-state index contributed by atoms with van der Waals surface area (Å²) in [6, 6.07) is 13.3. The van der Waals surface area contributed by atoms with Crippen LogP contribution in [0.25, 0.3) is 12.2 Å². The van der Waals surface area contributed by atoms with E-state index in [1.54, 1.807) is 0 Å². The lowest BCUT2D eigenvalue weighted by Crippen LogP contribution is -2.52. The summed E-state index contributed by atoms with van der Waals surface area (Å²) in [5.41, 5.74) is 2.58. The third-order valence-electron chi connectivity index (χ3n) is 7.21. The van der Waals surface area contributed by atoms with Crippen LogP contribution in [0.2, 0.25) is 0 Å². The number of morpholine rings is 1. The Labute approximate surface area is 187 Å². The fraction of sp³-hybridized carbons (Fsp3) is 0.440. The van der Waals surface area contributed by atoms with E-state index in [1.807, 2.05) is 71.1 Å². The number of rotatable bonds is 4. The minimum Gasteiger partial charge on any atom is -0.396 e. The van der Waals surface area contributed by atoms with Gasteiger partial charge in [0.1, 0.15) is 0 Å². The van der Waals surface area contributed by atoms with E-state index in [0.717, 1.165) is 11.3 Å². The lowest BCUT2D eigenvalue weighted by atomic mass is 9.88. The number of ether oxygens (including phenoxy) is 1. The van der Waals surface area contributed by atoms with Gasteiger partial charge in [-0.25, -0.2) is 0 Å². The summed E-state index contributed by atoms with van der Waals surface area (Å²) in [6.07, 6.45) is 3.80. The molecule has 0 spiro atoms. The zero-order valence-corrected chi connectivity index (χ0v) is 18.3. The Balaban J connectivity index is 1.43. The molecule has 2 aromatic rings. The van der Waals surface area contributed by atoms with Gasteiger partial charge < -0.3 is 19.3 Å². The Morgan fingerprint density at radius 2 is 1.88 bits per heavy atom. The third kappa shape index (κ3) is 3.50. The van der Waals surface area contributed by atoms with Crippen LogP contribution in [-0.4, -0.2) is 71.4 Å². The van der Waals surface area contributed by atoms with Crippen molar-refractivity contribution in [3.8, 4) is 0 Å². The minimum absolute atomic E-state index is 0.0229. The van der Waals surface area contributed by atoms with Crippen molar-refractivity contribution in [1.82, 2.24) is 14.4 Å². The van der Waals surface area contributed by atoms with Gasteiger partial charge in [0.05, 0.1) is 25.3 Å². The average Bonchev–Trinajstić information content (AvgIpc) is 3.34. The van der Waals surface area contributed by atoms with Gasteiger partial charge >= 0.3 is 0 Å². The summed E-state index contributed by atoms with van der Waals surface area (Å²) in [6.45, 7) is 2.73. The molecule has 7 nitrogen and oxygen atoms in total. The summed E-state index contributed by atoms with van der Waals surface area (Å²) >= 11 is 0. The van der Waals surface area contributed by atoms with E-state index in [0.29, 0.717) is 38.4 Å². The van der Waals surface area contributed by atoms with E-state index in [2.05, 4.69) is 4.90 Å². The van der Waals surface area contributed by atoms with Gasteiger partial charge in [-0.1, -0.05) is 36.4 Å². The topological polar surface area (TPSA) is 75.0 Å². The van der Waals surface area contributed by atoms with Crippen molar-refractivity contribution in [2.24, 2.45) is 11.8 Å². The first-order chi connectivity index (χ1) is 15.6. The second kappa shape index (κ2) is 8.65. The number of aliphatic hydroxyl groups is 1. The molecule has 4 heterocycles.